The molecule has 1 aromatic heterocycles. The van der Waals surface area contributed by atoms with Gasteiger partial charge in [-0.05, 0) is 68.0 Å². The van der Waals surface area contributed by atoms with Crippen LogP contribution >= 0.6 is 11.6 Å². The molecule has 5 nitrogen and oxygen atoms in total. The smallest absolute Gasteiger partial charge is 0.258 e. The molecule has 0 bridgehead atoms. The van der Waals surface area contributed by atoms with E-state index in [1.54, 1.807) is 0 Å². The second-order valence-electron chi connectivity index (χ2n) is 9.05. The summed E-state index contributed by atoms with van der Waals surface area (Å²) in [6.07, 6.45) is 6.37. The number of benzene rings is 2. The number of hydrogen-bond donors (Lipinski definition) is 2. The van der Waals surface area contributed by atoms with E-state index in [0.717, 1.165) is 65.5 Å². The quantitative estimate of drug-likeness (QED) is 0.161. The molecule has 36 heavy (non-hydrogen) atoms. The zero-order valence-electron chi connectivity index (χ0n) is 23.4. The first kappa shape index (κ1) is 31.4. The van der Waals surface area contributed by atoms with Crippen molar-refractivity contribution in [2.45, 2.75) is 81.1 Å². The molecular weight excluding hydrogens is 468 g/mol. The van der Waals surface area contributed by atoms with E-state index in [9.17, 15) is 0 Å². The first-order chi connectivity index (χ1) is 17.3. The second-order valence-corrected chi connectivity index (χ2v) is 9.46. The lowest BCUT2D eigenvalue weighted by atomic mass is 10.1. The molecular formula is C30H45ClN4O. The third-order valence-electron chi connectivity index (χ3n) is 4.82. The molecule has 0 saturated heterocycles. The number of nitrogens with zero attached hydrogens (tertiary/aromatic N) is 2. The van der Waals surface area contributed by atoms with Gasteiger partial charge in [-0.3, -0.25) is 0 Å². The SMILES string of the molecule is CC.CC(C)C.CC/C=C(/C)CCNNc1ccc(-c2nc(-c3ccc(CCC)c(Cl)c3)no2)cc1. The van der Waals surface area contributed by atoms with Crippen molar-refractivity contribution in [1.82, 2.24) is 15.6 Å². The van der Waals surface area contributed by atoms with E-state index >= 15 is 0 Å². The van der Waals surface area contributed by atoms with Crippen molar-refractivity contribution in [1.29, 1.82) is 0 Å². The van der Waals surface area contributed by atoms with Crippen molar-refractivity contribution >= 4 is 17.3 Å². The topological polar surface area (TPSA) is 63.0 Å². The second kappa shape index (κ2) is 17.7. The standard InChI is InChI=1S/C24H29ClN4O.C4H10.C2H6/c1-4-6-17(3)14-15-26-28-21-12-10-19(11-13-21)24-27-23(29-30-24)20-9-8-18(7-5-2)22(25)16-20;1-4(2)3;1-2/h6,8-13,16,26,28H,4-5,7,14-15H2,1-3H3;4H,1-3H3;1-2H3/b17-6-;;. The number of rotatable bonds is 10. The number of nitrogens with one attached hydrogen (secondary N) is 2. The van der Waals surface area contributed by atoms with Crippen LogP contribution in [0.3, 0.4) is 0 Å². The summed E-state index contributed by atoms with van der Waals surface area (Å²) in [4.78, 5) is 4.53. The van der Waals surface area contributed by atoms with Crippen molar-refractivity contribution in [3.05, 3.63) is 64.7 Å². The third-order valence-corrected chi connectivity index (χ3v) is 5.17. The van der Waals surface area contributed by atoms with Gasteiger partial charge in [-0.2, -0.15) is 4.98 Å². The molecule has 0 radical (unpaired) electrons. The molecule has 3 aromatic rings. The molecule has 2 aromatic carbocycles. The third kappa shape index (κ3) is 11.4. The van der Waals surface area contributed by atoms with Gasteiger partial charge in [-0.15, -0.1) is 0 Å². The van der Waals surface area contributed by atoms with E-state index < -0.39 is 0 Å². The van der Waals surface area contributed by atoms with Gasteiger partial charge in [0.2, 0.25) is 5.82 Å². The van der Waals surface area contributed by atoms with Crippen LogP contribution in [0.25, 0.3) is 22.8 Å². The highest BCUT2D eigenvalue weighted by atomic mass is 35.5. The maximum atomic E-state index is 6.38. The number of hydrazine groups is 1. The molecule has 0 aliphatic carbocycles. The summed E-state index contributed by atoms with van der Waals surface area (Å²) in [6.45, 7) is 17.8. The Labute approximate surface area is 223 Å². The van der Waals surface area contributed by atoms with E-state index in [1.807, 2.05) is 56.3 Å². The van der Waals surface area contributed by atoms with Crippen molar-refractivity contribution in [2.75, 3.05) is 12.0 Å². The lowest BCUT2D eigenvalue weighted by Crippen LogP contribution is -2.22. The molecule has 0 saturated carbocycles. The highest BCUT2D eigenvalue weighted by Gasteiger charge is 2.12. The van der Waals surface area contributed by atoms with Crippen LogP contribution in [0.5, 0.6) is 0 Å². The molecule has 0 aliphatic heterocycles. The van der Waals surface area contributed by atoms with Crippen molar-refractivity contribution < 1.29 is 4.52 Å². The van der Waals surface area contributed by atoms with Crippen LogP contribution in [0.2, 0.25) is 5.02 Å². The zero-order valence-corrected chi connectivity index (χ0v) is 24.2. The molecule has 198 valence electrons. The summed E-state index contributed by atoms with van der Waals surface area (Å²) < 4.78 is 5.46. The molecule has 1 heterocycles. The van der Waals surface area contributed by atoms with Crippen LogP contribution in [0.15, 0.2) is 58.6 Å². The summed E-state index contributed by atoms with van der Waals surface area (Å²) in [5.41, 5.74) is 11.7. The summed E-state index contributed by atoms with van der Waals surface area (Å²) in [6, 6.07) is 13.8. The highest BCUT2D eigenvalue weighted by molar-refractivity contribution is 6.31. The number of hydrogen-bond acceptors (Lipinski definition) is 5. The van der Waals surface area contributed by atoms with E-state index in [1.165, 1.54) is 5.57 Å². The van der Waals surface area contributed by atoms with Crippen molar-refractivity contribution in [2.24, 2.45) is 5.92 Å². The maximum Gasteiger partial charge on any atom is 0.258 e. The molecule has 0 atom stereocenters. The van der Waals surface area contributed by atoms with Gasteiger partial charge >= 0.3 is 0 Å². The Morgan fingerprint density at radius 3 is 2.25 bits per heavy atom. The minimum Gasteiger partial charge on any atom is -0.334 e. The Hall–Kier alpha value is -2.63. The summed E-state index contributed by atoms with van der Waals surface area (Å²) in [7, 11) is 0. The number of aryl methyl sites for hydroxylation is 1. The molecule has 6 heteroatoms. The fourth-order valence-corrected chi connectivity index (χ4v) is 3.46. The minimum absolute atomic E-state index is 0.485. The van der Waals surface area contributed by atoms with Gasteiger partial charge in [0.1, 0.15) is 0 Å². The maximum absolute atomic E-state index is 6.38. The van der Waals surface area contributed by atoms with Gasteiger partial charge in [0, 0.05) is 28.4 Å². The van der Waals surface area contributed by atoms with Gasteiger partial charge in [0.25, 0.3) is 5.89 Å². The number of anilines is 1. The predicted octanol–water partition coefficient (Wildman–Crippen LogP) is 9.36. The van der Waals surface area contributed by atoms with Gasteiger partial charge in [0.05, 0.1) is 0 Å². The summed E-state index contributed by atoms with van der Waals surface area (Å²) >= 11 is 6.38. The summed E-state index contributed by atoms with van der Waals surface area (Å²) in [5.74, 6) is 1.85. The average molecular weight is 513 g/mol. The lowest BCUT2D eigenvalue weighted by molar-refractivity contribution is 0.432. The Balaban J connectivity index is 0.000000982. The molecule has 0 aliphatic rings. The largest absolute Gasteiger partial charge is 0.334 e. The zero-order chi connectivity index (χ0) is 26.9. The van der Waals surface area contributed by atoms with E-state index in [0.29, 0.717) is 11.7 Å². The van der Waals surface area contributed by atoms with Gasteiger partial charge < -0.3 is 9.95 Å². The normalized spacial score (nSPS) is 10.9. The molecule has 0 unspecified atom stereocenters. The van der Waals surface area contributed by atoms with Crippen LogP contribution < -0.4 is 10.9 Å². The predicted molar refractivity (Wildman–Crippen MR) is 156 cm³/mol. The lowest BCUT2D eigenvalue weighted by Gasteiger charge is -2.08. The summed E-state index contributed by atoms with van der Waals surface area (Å²) in [5, 5.41) is 4.86. The van der Waals surface area contributed by atoms with Crippen molar-refractivity contribution in [3.63, 3.8) is 0 Å². The molecule has 0 spiro atoms. The number of aromatic nitrogens is 2. The van der Waals surface area contributed by atoms with Gasteiger partial charge in [0.15, 0.2) is 0 Å². The first-order valence-electron chi connectivity index (χ1n) is 13.2. The van der Waals surface area contributed by atoms with E-state index in [-0.39, 0.29) is 0 Å². The Morgan fingerprint density at radius 2 is 1.67 bits per heavy atom. The van der Waals surface area contributed by atoms with E-state index in [2.05, 4.69) is 68.6 Å². The van der Waals surface area contributed by atoms with Crippen LogP contribution in [0, 0.1) is 5.92 Å². The number of halogens is 1. The molecule has 2 N–H and O–H groups in total. The Kier molecular flexibility index (Phi) is 15.5. The molecule has 3 rings (SSSR count). The van der Waals surface area contributed by atoms with E-state index in [4.69, 9.17) is 16.1 Å². The molecule has 0 fully saturated rings. The van der Waals surface area contributed by atoms with Crippen LogP contribution in [0.4, 0.5) is 5.69 Å². The Bertz CT molecular complexity index is 1020. The number of allylic oxidation sites excluding steroid dienone is 1. The fraction of sp³-hybridized carbons (Fsp3) is 0.467. The van der Waals surface area contributed by atoms with Gasteiger partial charge in [-0.25, -0.2) is 5.43 Å². The van der Waals surface area contributed by atoms with Crippen LogP contribution in [-0.4, -0.2) is 16.7 Å². The average Bonchev–Trinajstić information content (AvgIpc) is 3.35. The van der Waals surface area contributed by atoms with Gasteiger partial charge in [-0.1, -0.05) is 95.4 Å². The Morgan fingerprint density at radius 1 is 1.03 bits per heavy atom. The van der Waals surface area contributed by atoms with Crippen LogP contribution in [0.1, 0.15) is 80.2 Å². The van der Waals surface area contributed by atoms with Crippen LogP contribution in [-0.2, 0) is 6.42 Å². The first-order valence-corrected chi connectivity index (χ1v) is 13.6. The monoisotopic (exact) mass is 512 g/mol. The highest BCUT2D eigenvalue weighted by Crippen LogP contribution is 2.27. The minimum atomic E-state index is 0.485. The fourth-order valence-electron chi connectivity index (χ4n) is 3.19. The van der Waals surface area contributed by atoms with Crippen molar-refractivity contribution in [3.8, 4) is 22.8 Å². The molecule has 0 amide bonds.